The van der Waals surface area contributed by atoms with E-state index < -0.39 is 17.2 Å². The second kappa shape index (κ2) is 6.18. The molecule has 0 atom stereocenters. The van der Waals surface area contributed by atoms with E-state index in [0.29, 0.717) is 6.54 Å². The van der Waals surface area contributed by atoms with E-state index in [2.05, 4.69) is 0 Å². The predicted octanol–water partition coefficient (Wildman–Crippen LogP) is 0.617. The van der Waals surface area contributed by atoms with Crippen molar-refractivity contribution in [3.63, 3.8) is 0 Å². The van der Waals surface area contributed by atoms with Gasteiger partial charge in [-0.15, -0.1) is 0 Å². The Morgan fingerprint density at radius 2 is 1.94 bits per heavy atom. The SMILES string of the molecule is CCCn1cc(C(=O)OCC)c(=O)n(CC)c1=O. The number of hydrogen-bond donors (Lipinski definition) is 0. The quantitative estimate of drug-likeness (QED) is 0.722. The van der Waals surface area contributed by atoms with Crippen LogP contribution in [0.3, 0.4) is 0 Å². The van der Waals surface area contributed by atoms with E-state index in [9.17, 15) is 14.4 Å². The molecule has 6 nitrogen and oxygen atoms in total. The number of esters is 1. The summed E-state index contributed by atoms with van der Waals surface area (Å²) in [5.74, 6) is -0.686. The van der Waals surface area contributed by atoms with E-state index >= 15 is 0 Å². The fourth-order valence-electron chi connectivity index (χ4n) is 1.68. The Morgan fingerprint density at radius 3 is 2.44 bits per heavy atom. The highest BCUT2D eigenvalue weighted by Gasteiger charge is 2.17. The molecule has 0 saturated carbocycles. The summed E-state index contributed by atoms with van der Waals surface area (Å²) >= 11 is 0. The minimum atomic E-state index is -0.686. The van der Waals surface area contributed by atoms with E-state index in [0.717, 1.165) is 11.0 Å². The van der Waals surface area contributed by atoms with Gasteiger partial charge in [-0.25, -0.2) is 9.59 Å². The van der Waals surface area contributed by atoms with Crippen molar-refractivity contribution in [3.8, 4) is 0 Å². The smallest absolute Gasteiger partial charge is 0.345 e. The van der Waals surface area contributed by atoms with Crippen LogP contribution in [0.4, 0.5) is 0 Å². The average molecular weight is 254 g/mol. The van der Waals surface area contributed by atoms with Crippen LogP contribution < -0.4 is 11.2 Å². The van der Waals surface area contributed by atoms with E-state index in [1.807, 2.05) is 6.92 Å². The molecule has 0 N–H and O–H groups in total. The number of carbonyl (C=O) groups excluding carboxylic acids is 1. The van der Waals surface area contributed by atoms with Gasteiger partial charge in [0.25, 0.3) is 5.56 Å². The lowest BCUT2D eigenvalue weighted by molar-refractivity contribution is 0.0522. The summed E-state index contributed by atoms with van der Waals surface area (Å²) in [4.78, 5) is 35.5. The van der Waals surface area contributed by atoms with Gasteiger partial charge in [-0.1, -0.05) is 6.92 Å². The highest BCUT2D eigenvalue weighted by molar-refractivity contribution is 5.88. The molecular weight excluding hydrogens is 236 g/mol. The minimum absolute atomic E-state index is 0.0910. The van der Waals surface area contributed by atoms with Gasteiger partial charge < -0.3 is 4.74 Å². The molecule has 18 heavy (non-hydrogen) atoms. The first-order valence-electron chi connectivity index (χ1n) is 6.08. The first kappa shape index (κ1) is 14.2. The van der Waals surface area contributed by atoms with E-state index in [1.165, 1.54) is 10.8 Å². The third-order valence-corrected chi connectivity index (χ3v) is 2.51. The molecule has 0 unspecified atom stereocenters. The van der Waals surface area contributed by atoms with Crippen LogP contribution in [-0.4, -0.2) is 21.7 Å². The lowest BCUT2D eigenvalue weighted by Gasteiger charge is -2.10. The molecule has 1 aromatic rings. The van der Waals surface area contributed by atoms with Gasteiger partial charge in [-0.2, -0.15) is 0 Å². The molecule has 0 amide bonds. The first-order valence-corrected chi connectivity index (χ1v) is 6.08. The highest BCUT2D eigenvalue weighted by atomic mass is 16.5. The van der Waals surface area contributed by atoms with Crippen LogP contribution in [0.5, 0.6) is 0 Å². The maximum Gasteiger partial charge on any atom is 0.345 e. The molecule has 0 bridgehead atoms. The summed E-state index contributed by atoms with van der Waals surface area (Å²) < 4.78 is 7.23. The number of nitrogens with zero attached hydrogens (tertiary/aromatic N) is 2. The average Bonchev–Trinajstić information content (AvgIpc) is 2.33. The van der Waals surface area contributed by atoms with Crippen LogP contribution in [0.15, 0.2) is 15.8 Å². The summed E-state index contributed by atoms with van der Waals surface area (Å²) in [5.41, 5.74) is -1.07. The second-order valence-corrected chi connectivity index (χ2v) is 3.79. The number of aryl methyl sites for hydroxylation is 1. The molecule has 100 valence electrons. The molecular formula is C12H18N2O4. The maximum atomic E-state index is 11.9. The van der Waals surface area contributed by atoms with Crippen molar-refractivity contribution < 1.29 is 9.53 Å². The van der Waals surface area contributed by atoms with Gasteiger partial charge in [-0.3, -0.25) is 13.9 Å². The standard InChI is InChI=1S/C12H18N2O4/c1-4-7-13-8-9(11(16)18-6-3)10(15)14(5-2)12(13)17/h8H,4-7H2,1-3H3. The Labute approximate surface area is 105 Å². The molecule has 0 aliphatic rings. The lowest BCUT2D eigenvalue weighted by Crippen LogP contribution is -2.42. The van der Waals surface area contributed by atoms with Crippen molar-refractivity contribution in [3.05, 3.63) is 32.6 Å². The molecule has 0 saturated heterocycles. The van der Waals surface area contributed by atoms with Gasteiger partial charge >= 0.3 is 11.7 Å². The molecule has 0 aliphatic carbocycles. The van der Waals surface area contributed by atoms with Crippen molar-refractivity contribution in [2.75, 3.05) is 6.61 Å². The molecule has 0 spiro atoms. The van der Waals surface area contributed by atoms with Crippen LogP contribution in [0.2, 0.25) is 0 Å². The van der Waals surface area contributed by atoms with Crippen LogP contribution in [0.1, 0.15) is 37.6 Å². The largest absolute Gasteiger partial charge is 0.462 e. The number of hydrogen-bond acceptors (Lipinski definition) is 4. The molecule has 0 aliphatic heterocycles. The summed E-state index contributed by atoms with van der Waals surface area (Å²) in [6, 6.07) is 0. The van der Waals surface area contributed by atoms with E-state index in [4.69, 9.17) is 4.74 Å². The summed E-state index contributed by atoms with van der Waals surface area (Å²) in [5, 5.41) is 0. The molecule has 1 heterocycles. The zero-order valence-electron chi connectivity index (χ0n) is 10.9. The lowest BCUT2D eigenvalue weighted by atomic mass is 10.3. The predicted molar refractivity (Wildman–Crippen MR) is 66.9 cm³/mol. The Balaban J connectivity index is 3.43. The van der Waals surface area contributed by atoms with Gasteiger partial charge in [0.2, 0.25) is 0 Å². The third kappa shape index (κ3) is 2.69. The van der Waals surface area contributed by atoms with Crippen LogP contribution >= 0.6 is 0 Å². The summed E-state index contributed by atoms with van der Waals surface area (Å²) in [7, 11) is 0. The number of carbonyl (C=O) groups is 1. The van der Waals surface area contributed by atoms with E-state index in [-0.39, 0.29) is 18.7 Å². The van der Waals surface area contributed by atoms with E-state index in [1.54, 1.807) is 13.8 Å². The second-order valence-electron chi connectivity index (χ2n) is 3.79. The van der Waals surface area contributed by atoms with Gasteiger partial charge in [-0.05, 0) is 20.3 Å². The van der Waals surface area contributed by atoms with Gasteiger partial charge in [0, 0.05) is 19.3 Å². The zero-order valence-corrected chi connectivity index (χ0v) is 10.9. The minimum Gasteiger partial charge on any atom is -0.462 e. The van der Waals surface area contributed by atoms with Crippen molar-refractivity contribution in [2.45, 2.75) is 40.3 Å². The van der Waals surface area contributed by atoms with Gasteiger partial charge in [0.05, 0.1) is 6.61 Å². The molecule has 0 aromatic carbocycles. The number of rotatable bonds is 5. The topological polar surface area (TPSA) is 70.3 Å². The Hall–Kier alpha value is -1.85. The van der Waals surface area contributed by atoms with Crippen molar-refractivity contribution >= 4 is 5.97 Å². The molecule has 0 radical (unpaired) electrons. The summed E-state index contributed by atoms with van der Waals surface area (Å²) in [6.07, 6.45) is 2.03. The molecule has 6 heteroatoms. The fourth-order valence-corrected chi connectivity index (χ4v) is 1.68. The van der Waals surface area contributed by atoms with Gasteiger partial charge in [0.15, 0.2) is 0 Å². The Kier molecular flexibility index (Phi) is 4.88. The van der Waals surface area contributed by atoms with Gasteiger partial charge in [0.1, 0.15) is 5.56 Å². The summed E-state index contributed by atoms with van der Waals surface area (Å²) in [6.45, 7) is 6.15. The van der Waals surface area contributed by atoms with Crippen LogP contribution in [0.25, 0.3) is 0 Å². The fraction of sp³-hybridized carbons (Fsp3) is 0.583. The maximum absolute atomic E-state index is 11.9. The molecule has 1 rings (SSSR count). The number of ether oxygens (including phenoxy) is 1. The van der Waals surface area contributed by atoms with Crippen LogP contribution in [0, 0.1) is 0 Å². The third-order valence-electron chi connectivity index (χ3n) is 2.51. The Bertz CT molecular complexity index is 542. The van der Waals surface area contributed by atoms with Crippen LogP contribution in [-0.2, 0) is 17.8 Å². The zero-order chi connectivity index (χ0) is 13.7. The first-order chi connectivity index (χ1) is 8.56. The van der Waals surface area contributed by atoms with Crippen molar-refractivity contribution in [1.29, 1.82) is 0 Å². The number of aromatic nitrogens is 2. The monoisotopic (exact) mass is 254 g/mol. The highest BCUT2D eigenvalue weighted by Crippen LogP contribution is 1.95. The van der Waals surface area contributed by atoms with Crippen molar-refractivity contribution in [2.24, 2.45) is 0 Å². The molecule has 0 fully saturated rings. The normalized spacial score (nSPS) is 10.4. The van der Waals surface area contributed by atoms with Crippen molar-refractivity contribution in [1.82, 2.24) is 9.13 Å². The molecule has 1 aromatic heterocycles. The Morgan fingerprint density at radius 1 is 1.28 bits per heavy atom.